The number of amides is 4. The van der Waals surface area contributed by atoms with Gasteiger partial charge >= 0.3 is 23.9 Å². The number of benzene rings is 6. The summed E-state index contributed by atoms with van der Waals surface area (Å²) >= 11 is 0. The summed E-state index contributed by atoms with van der Waals surface area (Å²) in [5.74, 6) is -1.26. The molecule has 0 aromatic heterocycles. The molecule has 6 aromatic carbocycles. The number of urea groups is 1. The summed E-state index contributed by atoms with van der Waals surface area (Å²) in [5.41, 5.74) is 1.01. The van der Waals surface area contributed by atoms with Gasteiger partial charge in [-0.25, -0.2) is 9.69 Å². The summed E-state index contributed by atoms with van der Waals surface area (Å²) in [6.07, 6.45) is -2.58. The largest absolute Gasteiger partial charge is 0.491 e. The van der Waals surface area contributed by atoms with E-state index in [1.165, 1.54) is 6.07 Å². The molecule has 16 heteroatoms. The molecule has 6 aromatic rings. The van der Waals surface area contributed by atoms with Crippen LogP contribution in [-0.2, 0) is 43.6 Å². The van der Waals surface area contributed by atoms with Gasteiger partial charge in [0, 0.05) is 24.1 Å². The number of anilines is 1. The number of carbonyl (C=O) groups is 6. The van der Waals surface area contributed by atoms with Crippen LogP contribution < -0.4 is 20.3 Å². The number of morpholine rings is 1. The lowest BCUT2D eigenvalue weighted by molar-refractivity contribution is -0.178. The predicted octanol–water partition coefficient (Wildman–Crippen LogP) is 6.75. The van der Waals surface area contributed by atoms with Gasteiger partial charge in [-0.2, -0.15) is 0 Å². The fraction of sp³-hybridized carbons (Fsp3) is 0.267. The molecule has 3 aliphatic rings. The Labute approximate surface area is 439 Å². The quantitative estimate of drug-likeness (QED) is 0.0364. The Kier molecular flexibility index (Phi) is 15.7. The maximum atomic E-state index is 16.8. The number of imide groups is 1. The van der Waals surface area contributed by atoms with Crippen molar-refractivity contribution in [2.45, 2.75) is 55.1 Å². The number of ether oxygens (including phenoxy) is 4. The third-order valence-corrected chi connectivity index (χ3v) is 14.3. The molecule has 8 atom stereocenters. The van der Waals surface area contributed by atoms with E-state index in [4.69, 9.17) is 18.9 Å². The number of cyclic esters (lactones) is 1. The molecule has 3 heterocycles. The number of nitrogens with one attached hydrogen (secondary N) is 2. The molecule has 16 nitrogen and oxygen atoms in total. The third kappa shape index (κ3) is 9.79. The predicted molar refractivity (Wildman–Crippen MR) is 278 cm³/mol. The van der Waals surface area contributed by atoms with Crippen LogP contribution in [0.15, 0.2) is 164 Å². The third-order valence-electron chi connectivity index (χ3n) is 14.3. The number of nitrogens with zero attached hydrogens (tertiary/aromatic N) is 2. The van der Waals surface area contributed by atoms with Crippen LogP contribution in [0.3, 0.4) is 0 Å². The molecule has 3 aliphatic heterocycles. The van der Waals surface area contributed by atoms with Crippen LogP contribution >= 0.6 is 0 Å². The number of hydrogen-bond acceptors (Lipinski definition) is 13. The van der Waals surface area contributed by atoms with E-state index < -0.39 is 89.4 Å². The summed E-state index contributed by atoms with van der Waals surface area (Å²) < 4.78 is 22.6. The Morgan fingerprint density at radius 2 is 1.34 bits per heavy atom. The van der Waals surface area contributed by atoms with E-state index in [1.54, 1.807) is 73.7 Å². The number of hydrogen-bond donors (Lipinski definition) is 4. The lowest BCUT2D eigenvalue weighted by Gasteiger charge is -2.46. The van der Waals surface area contributed by atoms with Crippen molar-refractivity contribution in [3.63, 3.8) is 0 Å². The molecule has 4 N–H and O–H groups in total. The first kappa shape index (κ1) is 52.3. The number of para-hydroxylation sites is 1. The number of fused-ring (bicyclic) bond motifs is 3. The van der Waals surface area contributed by atoms with Crippen molar-refractivity contribution >= 4 is 41.4 Å². The van der Waals surface area contributed by atoms with Crippen LogP contribution in [0.5, 0.6) is 5.75 Å². The van der Waals surface area contributed by atoms with Gasteiger partial charge in [-0.05, 0) is 59.0 Å². The fourth-order valence-corrected chi connectivity index (χ4v) is 10.9. The molecular weight excluding hydrogens is 969 g/mol. The molecule has 4 amide bonds. The summed E-state index contributed by atoms with van der Waals surface area (Å²) in [5, 5.41) is 27.6. The first-order valence-electron chi connectivity index (χ1n) is 24.8. The number of esters is 3. The van der Waals surface area contributed by atoms with Crippen molar-refractivity contribution < 1.29 is 57.9 Å². The first-order valence-corrected chi connectivity index (χ1v) is 24.8. The topological polar surface area (TPSA) is 210 Å². The van der Waals surface area contributed by atoms with Crippen molar-refractivity contribution in [1.82, 2.24) is 15.5 Å². The molecule has 0 bridgehead atoms. The van der Waals surface area contributed by atoms with Crippen LogP contribution in [0.25, 0.3) is 0 Å². The standard InChI is InChI=1S/C60H56N4O12/c1-37(39-20-8-4-9-21-39)62-59(72)63-46-32-31-38(19-18-29-44(55(68)73-2)56(69)74-3)35-45(46)60(58(63)71)49(54(67)61-36-47(66)40-22-10-5-11-23-40)51-57(70)76-52(42-26-14-7-15-27-42)50(41-24-12-6-13-25-41)64(51)53(60)43-28-16-17-30-48(43)75-34-33-65/h4-17,20-28,30-32,35,37,44,47,49-53,65-66H,29,33-34,36H2,1-3H3,(H,61,67)(H,62,72)/t37-,47+,49-,50-,51-,52+,53+,60-/m1/s1. The molecule has 9 rings (SSSR count). The van der Waals surface area contributed by atoms with Crippen molar-refractivity contribution in [2.24, 2.45) is 11.8 Å². The Balaban J connectivity index is 1.34. The van der Waals surface area contributed by atoms with Gasteiger partial charge in [-0.1, -0.05) is 151 Å². The minimum absolute atomic E-state index is 0.0697. The lowest BCUT2D eigenvalue weighted by Crippen LogP contribution is -2.56. The van der Waals surface area contributed by atoms with E-state index in [2.05, 4.69) is 22.5 Å². The van der Waals surface area contributed by atoms with E-state index in [-0.39, 0.29) is 48.7 Å². The zero-order valence-electron chi connectivity index (χ0n) is 41.9. The van der Waals surface area contributed by atoms with Gasteiger partial charge in [0.1, 0.15) is 29.9 Å². The van der Waals surface area contributed by atoms with E-state index in [9.17, 15) is 19.8 Å². The monoisotopic (exact) mass is 1020 g/mol. The molecule has 0 saturated carbocycles. The van der Waals surface area contributed by atoms with Crippen LogP contribution in [0.1, 0.15) is 82.6 Å². The number of carbonyl (C=O) groups excluding carboxylic acids is 6. The van der Waals surface area contributed by atoms with E-state index in [0.29, 0.717) is 22.3 Å². The smallest absolute Gasteiger partial charge is 0.329 e. The second-order valence-electron chi connectivity index (χ2n) is 18.6. The molecule has 388 valence electrons. The first-order chi connectivity index (χ1) is 36.9. The van der Waals surface area contributed by atoms with Gasteiger partial charge in [-0.15, -0.1) is 0 Å². The van der Waals surface area contributed by atoms with Crippen molar-refractivity contribution in [3.05, 3.63) is 203 Å². The maximum absolute atomic E-state index is 16.8. The Bertz CT molecular complexity index is 3150. The number of aliphatic hydroxyl groups excluding tert-OH is 2. The summed E-state index contributed by atoms with van der Waals surface area (Å²) in [6, 6.07) is 42.4. The van der Waals surface area contributed by atoms with Gasteiger partial charge in [0.25, 0.3) is 0 Å². The molecule has 2 saturated heterocycles. The van der Waals surface area contributed by atoms with Crippen LogP contribution in [0, 0.1) is 23.7 Å². The Morgan fingerprint density at radius 1 is 0.750 bits per heavy atom. The van der Waals surface area contributed by atoms with E-state index in [1.807, 2.05) is 95.9 Å². The zero-order chi connectivity index (χ0) is 53.5. The van der Waals surface area contributed by atoms with Crippen molar-refractivity contribution in [3.8, 4) is 17.6 Å². The summed E-state index contributed by atoms with van der Waals surface area (Å²) in [7, 11) is 2.28. The van der Waals surface area contributed by atoms with Gasteiger partial charge in [0.15, 0.2) is 5.92 Å². The van der Waals surface area contributed by atoms with Gasteiger partial charge in [0.05, 0.1) is 56.7 Å². The van der Waals surface area contributed by atoms with E-state index in [0.717, 1.165) is 24.7 Å². The second-order valence-corrected chi connectivity index (χ2v) is 18.6. The average molecular weight is 1030 g/mol. The number of rotatable bonds is 15. The summed E-state index contributed by atoms with van der Waals surface area (Å²) in [4.78, 5) is 91.9. The van der Waals surface area contributed by atoms with Gasteiger partial charge in [0.2, 0.25) is 11.8 Å². The Morgan fingerprint density at radius 3 is 1.97 bits per heavy atom. The molecule has 0 unspecified atom stereocenters. The molecular formula is C60H56N4O12. The molecule has 0 radical (unpaired) electrons. The van der Waals surface area contributed by atoms with Crippen molar-refractivity contribution in [1.29, 1.82) is 0 Å². The molecule has 2 fully saturated rings. The highest BCUT2D eigenvalue weighted by Gasteiger charge is 2.76. The van der Waals surface area contributed by atoms with Crippen LogP contribution in [-0.4, -0.2) is 90.9 Å². The fourth-order valence-electron chi connectivity index (χ4n) is 10.9. The summed E-state index contributed by atoms with van der Waals surface area (Å²) in [6.45, 7) is 0.863. The maximum Gasteiger partial charge on any atom is 0.329 e. The van der Waals surface area contributed by atoms with Crippen molar-refractivity contribution in [2.75, 3.05) is 38.9 Å². The SMILES string of the molecule is COC(=O)C(CC#Cc1ccc2c(c1)[C@]1(C(=O)N2C(=O)N[C@H](C)c2ccccc2)[C@H](c2ccccc2OCCO)N2[C@H](c3ccccc3)[C@H](c3ccccc3)OC(=O)[C@H]2[C@@H]1C(=O)NC[C@H](O)c1ccccc1)C(=O)OC. The second kappa shape index (κ2) is 22.9. The Hall–Kier alpha value is -8.62. The molecule has 0 aliphatic carbocycles. The van der Waals surface area contributed by atoms with Gasteiger partial charge in [-0.3, -0.25) is 28.9 Å². The highest BCUT2D eigenvalue weighted by Crippen LogP contribution is 2.66. The van der Waals surface area contributed by atoms with Crippen LogP contribution in [0.2, 0.25) is 0 Å². The minimum Gasteiger partial charge on any atom is -0.491 e. The lowest BCUT2D eigenvalue weighted by atomic mass is 9.65. The van der Waals surface area contributed by atoms with Crippen LogP contribution in [0.4, 0.5) is 10.5 Å². The zero-order valence-corrected chi connectivity index (χ0v) is 41.9. The number of methoxy groups -OCH3 is 2. The normalized spacial score (nSPS) is 21.3. The highest BCUT2D eigenvalue weighted by molar-refractivity contribution is 6.24. The van der Waals surface area contributed by atoms with E-state index >= 15 is 19.2 Å². The van der Waals surface area contributed by atoms with Gasteiger partial charge < -0.3 is 39.8 Å². The number of aliphatic hydroxyl groups is 2. The minimum atomic E-state index is -2.26. The average Bonchev–Trinajstić information content (AvgIpc) is 4.12. The molecule has 1 spiro atoms. The highest BCUT2D eigenvalue weighted by atomic mass is 16.6. The molecule has 76 heavy (non-hydrogen) atoms.